The van der Waals surface area contributed by atoms with Gasteiger partial charge < -0.3 is 11.5 Å². The van der Waals surface area contributed by atoms with Gasteiger partial charge >= 0.3 is 0 Å². The van der Waals surface area contributed by atoms with Crippen molar-refractivity contribution >= 4 is 11.4 Å². The maximum atomic E-state index is 6.02. The maximum absolute atomic E-state index is 6.02. The van der Waals surface area contributed by atoms with Crippen LogP contribution >= 0.6 is 0 Å². The summed E-state index contributed by atoms with van der Waals surface area (Å²) in [5.41, 5.74) is 25.1. The van der Waals surface area contributed by atoms with Crippen molar-refractivity contribution < 1.29 is 0 Å². The SMILES string of the molecule is CCCC(c1ccc(CCCCCCCCCCCCCCCc2ccc(C(CCC)c3ccc(N)cc3C)cc2)cc1)c1ccc(N)cc1C. The van der Waals surface area contributed by atoms with E-state index in [1.165, 1.54) is 167 Å². The van der Waals surface area contributed by atoms with Crippen LogP contribution in [0.15, 0.2) is 84.9 Å². The molecule has 0 saturated heterocycles. The zero-order chi connectivity index (χ0) is 36.3. The Morgan fingerprint density at radius 1 is 0.412 bits per heavy atom. The zero-order valence-electron chi connectivity index (χ0n) is 32.8. The molecule has 4 aromatic carbocycles. The molecule has 4 rings (SSSR count). The molecule has 2 unspecified atom stereocenters. The van der Waals surface area contributed by atoms with E-state index < -0.39 is 0 Å². The van der Waals surface area contributed by atoms with E-state index in [2.05, 4.69) is 113 Å². The third-order valence-electron chi connectivity index (χ3n) is 11.2. The lowest BCUT2D eigenvalue weighted by Gasteiger charge is -2.20. The highest BCUT2D eigenvalue weighted by atomic mass is 14.5. The number of nitrogen functional groups attached to an aromatic ring is 2. The minimum Gasteiger partial charge on any atom is -0.399 e. The lowest BCUT2D eigenvalue weighted by Crippen LogP contribution is -2.04. The summed E-state index contributed by atoms with van der Waals surface area (Å²) < 4.78 is 0. The highest BCUT2D eigenvalue weighted by Gasteiger charge is 2.17. The van der Waals surface area contributed by atoms with E-state index in [-0.39, 0.29) is 0 Å². The third-order valence-corrected chi connectivity index (χ3v) is 11.2. The Morgan fingerprint density at radius 2 is 0.725 bits per heavy atom. The van der Waals surface area contributed by atoms with Gasteiger partial charge in [0.15, 0.2) is 0 Å². The van der Waals surface area contributed by atoms with E-state index in [1.54, 1.807) is 0 Å². The Morgan fingerprint density at radius 3 is 1.02 bits per heavy atom. The van der Waals surface area contributed by atoms with Gasteiger partial charge in [0.1, 0.15) is 0 Å². The average Bonchev–Trinajstić information content (AvgIpc) is 3.12. The van der Waals surface area contributed by atoms with Crippen LogP contribution in [0.4, 0.5) is 11.4 Å². The van der Waals surface area contributed by atoms with Gasteiger partial charge in [-0.25, -0.2) is 0 Å². The molecule has 0 amide bonds. The van der Waals surface area contributed by atoms with Crippen LogP contribution in [0.1, 0.15) is 179 Å². The highest BCUT2D eigenvalue weighted by molar-refractivity contribution is 5.49. The molecule has 0 spiro atoms. The van der Waals surface area contributed by atoms with Gasteiger partial charge in [-0.2, -0.15) is 0 Å². The highest BCUT2D eigenvalue weighted by Crippen LogP contribution is 2.34. The van der Waals surface area contributed by atoms with Gasteiger partial charge in [0.05, 0.1) is 0 Å². The van der Waals surface area contributed by atoms with Gasteiger partial charge in [-0.15, -0.1) is 0 Å². The summed E-state index contributed by atoms with van der Waals surface area (Å²) in [5.74, 6) is 0.917. The standard InChI is InChI=1S/C49H70N2/c1-5-20-48(46-34-32-44(50)36-38(46)3)42-28-24-40(25-29-42)22-18-16-14-12-10-8-7-9-11-13-15-17-19-23-41-26-30-43(31-27-41)49(21-6-2)47-35-33-45(51)37-39(47)4/h24-37,48-49H,5-23,50-51H2,1-4H3. The molecule has 4 aromatic rings. The minimum absolute atomic E-state index is 0.459. The van der Waals surface area contributed by atoms with Gasteiger partial charge in [0.25, 0.3) is 0 Å². The fourth-order valence-corrected chi connectivity index (χ4v) is 8.20. The van der Waals surface area contributed by atoms with Gasteiger partial charge in [0.2, 0.25) is 0 Å². The summed E-state index contributed by atoms with van der Waals surface area (Å²) in [5, 5.41) is 0. The largest absolute Gasteiger partial charge is 0.399 e. The fourth-order valence-electron chi connectivity index (χ4n) is 8.20. The molecular weight excluding hydrogens is 617 g/mol. The van der Waals surface area contributed by atoms with Crippen molar-refractivity contribution in [2.45, 2.75) is 162 Å². The molecular formula is C49H70N2. The predicted molar refractivity (Wildman–Crippen MR) is 225 cm³/mol. The molecule has 2 heteroatoms. The van der Waals surface area contributed by atoms with Gasteiger partial charge in [0, 0.05) is 23.2 Å². The second-order valence-electron chi connectivity index (χ2n) is 15.5. The number of nitrogens with two attached hydrogens (primary N) is 2. The summed E-state index contributed by atoms with van der Waals surface area (Å²) in [6.07, 6.45) is 25.1. The summed E-state index contributed by atoms with van der Waals surface area (Å²) in [6.45, 7) is 8.96. The van der Waals surface area contributed by atoms with Crippen LogP contribution in [-0.4, -0.2) is 0 Å². The Bertz CT molecular complexity index is 1420. The van der Waals surface area contributed by atoms with Gasteiger partial charge in [-0.3, -0.25) is 0 Å². The molecule has 0 aromatic heterocycles. The van der Waals surface area contributed by atoms with Crippen molar-refractivity contribution in [3.05, 3.63) is 129 Å². The van der Waals surface area contributed by atoms with E-state index in [1.807, 2.05) is 0 Å². The summed E-state index contributed by atoms with van der Waals surface area (Å²) in [7, 11) is 0. The van der Waals surface area contributed by atoms with Crippen LogP contribution in [0, 0.1) is 13.8 Å². The molecule has 0 aliphatic carbocycles. The molecule has 276 valence electrons. The first kappa shape index (κ1) is 40.3. The van der Waals surface area contributed by atoms with Crippen molar-refractivity contribution in [1.82, 2.24) is 0 Å². The quantitative estimate of drug-likeness (QED) is 0.0569. The Balaban J connectivity index is 0.992. The van der Waals surface area contributed by atoms with Gasteiger partial charge in [-0.1, -0.05) is 158 Å². The lowest BCUT2D eigenvalue weighted by molar-refractivity contribution is 0.536. The van der Waals surface area contributed by atoms with Crippen molar-refractivity contribution in [2.75, 3.05) is 11.5 Å². The van der Waals surface area contributed by atoms with Crippen LogP contribution in [-0.2, 0) is 12.8 Å². The Kier molecular flexibility index (Phi) is 17.7. The van der Waals surface area contributed by atoms with E-state index in [4.69, 9.17) is 11.5 Å². The smallest absolute Gasteiger partial charge is 0.0316 e. The molecule has 0 saturated carbocycles. The third kappa shape index (κ3) is 13.5. The van der Waals surface area contributed by atoms with Crippen molar-refractivity contribution in [3.8, 4) is 0 Å². The van der Waals surface area contributed by atoms with Crippen LogP contribution in [0.5, 0.6) is 0 Å². The summed E-state index contributed by atoms with van der Waals surface area (Å²) in [4.78, 5) is 0. The van der Waals surface area contributed by atoms with Gasteiger partial charge in [-0.05, 0) is 121 Å². The first-order valence-corrected chi connectivity index (χ1v) is 20.8. The van der Waals surface area contributed by atoms with E-state index in [9.17, 15) is 0 Å². The molecule has 0 aliphatic rings. The van der Waals surface area contributed by atoms with Crippen LogP contribution in [0.25, 0.3) is 0 Å². The predicted octanol–water partition coefficient (Wildman–Crippen LogP) is 14.2. The second kappa shape index (κ2) is 22.4. The molecule has 4 N–H and O–H groups in total. The van der Waals surface area contributed by atoms with Crippen molar-refractivity contribution in [1.29, 1.82) is 0 Å². The summed E-state index contributed by atoms with van der Waals surface area (Å²) in [6, 6.07) is 31.8. The second-order valence-corrected chi connectivity index (χ2v) is 15.5. The zero-order valence-corrected chi connectivity index (χ0v) is 32.8. The Labute approximate surface area is 312 Å². The number of hydrogen-bond acceptors (Lipinski definition) is 2. The van der Waals surface area contributed by atoms with Crippen LogP contribution in [0.3, 0.4) is 0 Å². The Hall–Kier alpha value is -3.52. The summed E-state index contributed by atoms with van der Waals surface area (Å²) >= 11 is 0. The number of benzene rings is 4. The fraction of sp³-hybridized carbons (Fsp3) is 0.510. The molecule has 0 heterocycles. The molecule has 0 bridgehead atoms. The van der Waals surface area contributed by atoms with E-state index >= 15 is 0 Å². The number of hydrogen-bond donors (Lipinski definition) is 2. The number of unbranched alkanes of at least 4 members (excludes halogenated alkanes) is 12. The average molecular weight is 687 g/mol. The van der Waals surface area contributed by atoms with Crippen molar-refractivity contribution in [3.63, 3.8) is 0 Å². The monoisotopic (exact) mass is 687 g/mol. The molecule has 2 atom stereocenters. The molecule has 0 radical (unpaired) electrons. The molecule has 0 fully saturated rings. The first-order chi connectivity index (χ1) is 24.9. The number of anilines is 2. The molecule has 51 heavy (non-hydrogen) atoms. The molecule has 0 aliphatic heterocycles. The topological polar surface area (TPSA) is 52.0 Å². The lowest BCUT2D eigenvalue weighted by atomic mass is 9.84. The maximum Gasteiger partial charge on any atom is 0.0316 e. The van der Waals surface area contributed by atoms with Crippen LogP contribution < -0.4 is 11.5 Å². The van der Waals surface area contributed by atoms with E-state index in [0.717, 1.165) is 11.4 Å². The number of aryl methyl sites for hydroxylation is 4. The van der Waals surface area contributed by atoms with E-state index in [0.29, 0.717) is 11.8 Å². The van der Waals surface area contributed by atoms with Crippen molar-refractivity contribution in [2.24, 2.45) is 0 Å². The van der Waals surface area contributed by atoms with Crippen LogP contribution in [0.2, 0.25) is 0 Å². The molecule has 2 nitrogen and oxygen atoms in total. The normalized spacial score (nSPS) is 12.6. The minimum atomic E-state index is 0.459. The first-order valence-electron chi connectivity index (χ1n) is 20.8. The number of rotatable bonds is 24.